The Morgan fingerprint density at radius 2 is 1.95 bits per heavy atom. The number of likely N-dealkylation sites (N-methyl/N-ethyl adjacent to an activating group) is 1. The zero-order valence-electron chi connectivity index (χ0n) is 11.5. The summed E-state index contributed by atoms with van der Waals surface area (Å²) in [5.74, 6) is 1.03. The fraction of sp³-hybridized carbons (Fsp3) is 0.333. The van der Waals surface area contributed by atoms with Gasteiger partial charge < -0.3 is 10.2 Å². The molecule has 4 nitrogen and oxygen atoms in total. The van der Waals surface area contributed by atoms with E-state index in [9.17, 15) is 0 Å². The monoisotopic (exact) mass is 256 g/mol. The second-order valence-corrected chi connectivity index (χ2v) is 4.51. The first-order valence-electron chi connectivity index (χ1n) is 6.51. The van der Waals surface area contributed by atoms with Gasteiger partial charge in [0.1, 0.15) is 5.82 Å². The Labute approximate surface area is 114 Å². The van der Waals surface area contributed by atoms with Crippen LogP contribution < -0.4 is 10.2 Å². The molecule has 0 aliphatic rings. The van der Waals surface area contributed by atoms with Crippen molar-refractivity contribution in [3.05, 3.63) is 54.0 Å². The maximum atomic E-state index is 4.48. The van der Waals surface area contributed by atoms with E-state index in [0.717, 1.165) is 31.0 Å². The average Bonchev–Trinajstić information content (AvgIpc) is 2.47. The first kappa shape index (κ1) is 13.5. The zero-order valence-corrected chi connectivity index (χ0v) is 11.5. The lowest BCUT2D eigenvalue weighted by molar-refractivity contribution is 0.786. The molecule has 0 aromatic carbocycles. The van der Waals surface area contributed by atoms with Crippen LogP contribution in [0.25, 0.3) is 0 Å². The molecule has 0 saturated carbocycles. The third-order valence-corrected chi connectivity index (χ3v) is 3.03. The van der Waals surface area contributed by atoms with Gasteiger partial charge in [0.25, 0.3) is 0 Å². The fourth-order valence-electron chi connectivity index (χ4n) is 2.04. The van der Waals surface area contributed by atoms with Crippen LogP contribution in [0, 0.1) is 0 Å². The molecule has 0 saturated heterocycles. The Bertz CT molecular complexity index is 499. The van der Waals surface area contributed by atoms with Crippen molar-refractivity contribution in [2.24, 2.45) is 0 Å². The molecule has 1 N–H and O–H groups in total. The molecular formula is C15H20N4. The number of nitrogens with one attached hydrogen (secondary N) is 1. The summed E-state index contributed by atoms with van der Waals surface area (Å²) >= 11 is 0. The fourth-order valence-corrected chi connectivity index (χ4v) is 2.04. The van der Waals surface area contributed by atoms with E-state index < -0.39 is 0 Å². The third-order valence-electron chi connectivity index (χ3n) is 3.03. The van der Waals surface area contributed by atoms with Crippen LogP contribution in [-0.2, 0) is 13.0 Å². The van der Waals surface area contributed by atoms with Crippen LogP contribution in [-0.4, -0.2) is 30.6 Å². The molecule has 0 atom stereocenters. The van der Waals surface area contributed by atoms with Gasteiger partial charge >= 0.3 is 0 Å². The Balaban J connectivity index is 2.01. The predicted molar refractivity (Wildman–Crippen MR) is 78.2 cm³/mol. The maximum absolute atomic E-state index is 4.48. The molecule has 0 radical (unpaired) electrons. The summed E-state index contributed by atoms with van der Waals surface area (Å²) in [6.45, 7) is 1.74. The molecule has 2 aromatic rings. The molecule has 0 fully saturated rings. The molecule has 0 aliphatic carbocycles. The SMILES string of the molecule is CNCc1cccnc1N(C)CCc1ccccn1. The van der Waals surface area contributed by atoms with Crippen LogP contribution in [0.4, 0.5) is 5.82 Å². The summed E-state index contributed by atoms with van der Waals surface area (Å²) in [7, 11) is 4.02. The highest BCUT2D eigenvalue weighted by Crippen LogP contribution is 2.15. The maximum Gasteiger partial charge on any atom is 0.132 e. The van der Waals surface area contributed by atoms with Crippen molar-refractivity contribution in [2.75, 3.05) is 25.5 Å². The molecule has 2 aromatic heterocycles. The molecular weight excluding hydrogens is 236 g/mol. The minimum absolute atomic E-state index is 0.830. The van der Waals surface area contributed by atoms with Crippen molar-refractivity contribution >= 4 is 5.82 Å². The van der Waals surface area contributed by atoms with E-state index in [1.54, 1.807) is 0 Å². The van der Waals surface area contributed by atoms with Gasteiger partial charge in [0.2, 0.25) is 0 Å². The van der Waals surface area contributed by atoms with Gasteiger partial charge in [-0.3, -0.25) is 4.98 Å². The highest BCUT2D eigenvalue weighted by Gasteiger charge is 2.08. The van der Waals surface area contributed by atoms with E-state index in [2.05, 4.69) is 39.4 Å². The molecule has 4 heteroatoms. The van der Waals surface area contributed by atoms with Crippen LogP contribution in [0.5, 0.6) is 0 Å². The van der Waals surface area contributed by atoms with Crippen molar-refractivity contribution in [1.82, 2.24) is 15.3 Å². The van der Waals surface area contributed by atoms with E-state index in [1.165, 1.54) is 5.56 Å². The summed E-state index contributed by atoms with van der Waals surface area (Å²) in [4.78, 5) is 11.0. The highest BCUT2D eigenvalue weighted by molar-refractivity contribution is 5.45. The van der Waals surface area contributed by atoms with Crippen LogP contribution in [0.3, 0.4) is 0 Å². The van der Waals surface area contributed by atoms with E-state index >= 15 is 0 Å². The summed E-state index contributed by atoms with van der Waals surface area (Å²) in [5.41, 5.74) is 2.33. The Morgan fingerprint density at radius 1 is 1.11 bits per heavy atom. The van der Waals surface area contributed by atoms with Crippen molar-refractivity contribution in [3.63, 3.8) is 0 Å². The molecule has 19 heavy (non-hydrogen) atoms. The molecule has 0 amide bonds. The normalized spacial score (nSPS) is 10.4. The van der Waals surface area contributed by atoms with Crippen LogP contribution >= 0.6 is 0 Å². The van der Waals surface area contributed by atoms with Gasteiger partial charge in [-0.05, 0) is 25.2 Å². The quantitative estimate of drug-likeness (QED) is 0.856. The second kappa shape index (κ2) is 6.85. The average molecular weight is 256 g/mol. The van der Waals surface area contributed by atoms with Crippen LogP contribution in [0.15, 0.2) is 42.7 Å². The van der Waals surface area contributed by atoms with Crippen LogP contribution in [0.1, 0.15) is 11.3 Å². The Hall–Kier alpha value is -1.94. The first-order valence-corrected chi connectivity index (χ1v) is 6.51. The molecule has 2 rings (SSSR count). The van der Waals surface area contributed by atoms with Crippen LogP contribution in [0.2, 0.25) is 0 Å². The van der Waals surface area contributed by atoms with Crippen molar-refractivity contribution < 1.29 is 0 Å². The highest BCUT2D eigenvalue weighted by atomic mass is 15.2. The van der Waals surface area contributed by atoms with Crippen molar-refractivity contribution in [2.45, 2.75) is 13.0 Å². The number of pyridine rings is 2. The number of hydrogen-bond acceptors (Lipinski definition) is 4. The number of nitrogens with zero attached hydrogens (tertiary/aromatic N) is 3. The lowest BCUT2D eigenvalue weighted by Crippen LogP contribution is -2.24. The molecule has 100 valence electrons. The van der Waals surface area contributed by atoms with Gasteiger partial charge in [0, 0.05) is 50.2 Å². The van der Waals surface area contributed by atoms with Crippen molar-refractivity contribution in [3.8, 4) is 0 Å². The molecule has 0 spiro atoms. The molecule has 0 unspecified atom stereocenters. The van der Waals surface area contributed by atoms with Gasteiger partial charge in [0.05, 0.1) is 0 Å². The summed E-state index contributed by atoms with van der Waals surface area (Å²) in [5, 5.41) is 3.17. The second-order valence-electron chi connectivity index (χ2n) is 4.51. The van der Waals surface area contributed by atoms with Gasteiger partial charge in [-0.2, -0.15) is 0 Å². The molecule has 2 heterocycles. The van der Waals surface area contributed by atoms with E-state index in [4.69, 9.17) is 0 Å². The summed E-state index contributed by atoms with van der Waals surface area (Å²) in [6, 6.07) is 10.1. The smallest absolute Gasteiger partial charge is 0.132 e. The summed E-state index contributed by atoms with van der Waals surface area (Å²) in [6.07, 6.45) is 4.60. The first-order chi connectivity index (χ1) is 9.31. The van der Waals surface area contributed by atoms with Gasteiger partial charge in [-0.25, -0.2) is 4.98 Å². The lowest BCUT2D eigenvalue weighted by Gasteiger charge is -2.20. The van der Waals surface area contributed by atoms with Gasteiger partial charge in [0.15, 0.2) is 0 Å². The molecule has 0 aliphatic heterocycles. The Morgan fingerprint density at radius 3 is 2.68 bits per heavy atom. The molecule has 0 bridgehead atoms. The largest absolute Gasteiger partial charge is 0.359 e. The number of aromatic nitrogens is 2. The van der Waals surface area contributed by atoms with Gasteiger partial charge in [-0.15, -0.1) is 0 Å². The lowest BCUT2D eigenvalue weighted by atomic mass is 10.2. The standard InChI is InChI=1S/C15H20N4/c1-16-12-13-6-5-10-18-15(13)19(2)11-8-14-7-3-4-9-17-14/h3-7,9-10,16H,8,11-12H2,1-2H3. The van der Waals surface area contributed by atoms with Gasteiger partial charge in [-0.1, -0.05) is 12.1 Å². The Kier molecular flexibility index (Phi) is 4.86. The zero-order chi connectivity index (χ0) is 13.5. The minimum atomic E-state index is 0.830. The third kappa shape index (κ3) is 3.76. The topological polar surface area (TPSA) is 41.1 Å². The number of rotatable bonds is 6. The summed E-state index contributed by atoms with van der Waals surface area (Å²) < 4.78 is 0. The van der Waals surface area contributed by atoms with E-state index in [-0.39, 0.29) is 0 Å². The van der Waals surface area contributed by atoms with E-state index in [0.29, 0.717) is 0 Å². The van der Waals surface area contributed by atoms with Crippen molar-refractivity contribution in [1.29, 1.82) is 0 Å². The number of anilines is 1. The predicted octanol–water partition coefficient (Wildman–Crippen LogP) is 1.87. The minimum Gasteiger partial charge on any atom is -0.359 e. The van der Waals surface area contributed by atoms with E-state index in [1.807, 2.05) is 37.6 Å². The number of hydrogen-bond donors (Lipinski definition) is 1.